The van der Waals surface area contributed by atoms with Crippen LogP contribution in [0, 0.1) is 0 Å². The standard InChI is InChI=1S/C8H9ClN2/c9-6-3-7(5-1-2-5)11-8(10)4-6/h3-5H,1-2H2,(H2,10,11). The molecule has 0 bridgehead atoms. The molecule has 1 aromatic rings. The number of halogens is 1. The van der Waals surface area contributed by atoms with Crippen molar-refractivity contribution in [2.24, 2.45) is 0 Å². The topological polar surface area (TPSA) is 38.9 Å². The van der Waals surface area contributed by atoms with E-state index in [-0.39, 0.29) is 0 Å². The predicted octanol–water partition coefficient (Wildman–Crippen LogP) is 2.19. The molecule has 1 aliphatic carbocycles. The van der Waals surface area contributed by atoms with E-state index in [1.807, 2.05) is 6.07 Å². The van der Waals surface area contributed by atoms with E-state index in [4.69, 9.17) is 17.3 Å². The monoisotopic (exact) mass is 168 g/mol. The number of rotatable bonds is 1. The van der Waals surface area contributed by atoms with Crippen molar-refractivity contribution in [2.75, 3.05) is 5.73 Å². The summed E-state index contributed by atoms with van der Waals surface area (Å²) in [4.78, 5) is 4.19. The van der Waals surface area contributed by atoms with Gasteiger partial charge in [-0.1, -0.05) is 11.6 Å². The highest BCUT2D eigenvalue weighted by Gasteiger charge is 2.25. The summed E-state index contributed by atoms with van der Waals surface area (Å²) < 4.78 is 0. The lowest BCUT2D eigenvalue weighted by molar-refractivity contribution is 1.03. The highest BCUT2D eigenvalue weighted by molar-refractivity contribution is 6.30. The van der Waals surface area contributed by atoms with Crippen molar-refractivity contribution in [3.05, 3.63) is 22.8 Å². The molecule has 2 N–H and O–H groups in total. The summed E-state index contributed by atoms with van der Waals surface area (Å²) in [5.41, 5.74) is 6.58. The molecule has 0 aromatic carbocycles. The molecule has 0 atom stereocenters. The van der Waals surface area contributed by atoms with Crippen LogP contribution in [0.2, 0.25) is 5.02 Å². The summed E-state index contributed by atoms with van der Waals surface area (Å²) in [6.07, 6.45) is 2.46. The van der Waals surface area contributed by atoms with E-state index < -0.39 is 0 Å². The lowest BCUT2D eigenvalue weighted by Gasteiger charge is -1.99. The van der Waals surface area contributed by atoms with E-state index in [1.54, 1.807) is 6.07 Å². The summed E-state index contributed by atoms with van der Waals surface area (Å²) in [5, 5.41) is 0.694. The van der Waals surface area contributed by atoms with Gasteiger partial charge in [0.2, 0.25) is 0 Å². The van der Waals surface area contributed by atoms with E-state index in [0.717, 1.165) is 5.69 Å². The van der Waals surface area contributed by atoms with Gasteiger partial charge >= 0.3 is 0 Å². The third-order valence-electron chi connectivity index (χ3n) is 1.83. The summed E-state index contributed by atoms with van der Waals surface area (Å²) in [7, 11) is 0. The molecule has 1 aromatic heterocycles. The van der Waals surface area contributed by atoms with Crippen LogP contribution in [-0.2, 0) is 0 Å². The molecule has 0 amide bonds. The second-order valence-corrected chi connectivity index (χ2v) is 3.35. The second-order valence-electron chi connectivity index (χ2n) is 2.91. The molecule has 3 heteroatoms. The van der Waals surface area contributed by atoms with E-state index in [9.17, 15) is 0 Å². The summed E-state index contributed by atoms with van der Waals surface area (Å²) >= 11 is 5.80. The molecule has 1 fully saturated rings. The molecule has 0 radical (unpaired) electrons. The van der Waals surface area contributed by atoms with E-state index in [1.165, 1.54) is 12.8 Å². The minimum absolute atomic E-state index is 0.527. The lowest BCUT2D eigenvalue weighted by atomic mass is 10.2. The summed E-state index contributed by atoms with van der Waals surface area (Å²) in [5.74, 6) is 1.15. The Morgan fingerprint density at radius 3 is 2.73 bits per heavy atom. The van der Waals surface area contributed by atoms with Crippen molar-refractivity contribution in [3.63, 3.8) is 0 Å². The summed E-state index contributed by atoms with van der Waals surface area (Å²) in [6.45, 7) is 0. The lowest BCUT2D eigenvalue weighted by Crippen LogP contribution is -1.93. The first-order chi connectivity index (χ1) is 5.25. The first-order valence-electron chi connectivity index (χ1n) is 3.68. The minimum atomic E-state index is 0.527. The van der Waals surface area contributed by atoms with E-state index in [2.05, 4.69) is 4.98 Å². The van der Waals surface area contributed by atoms with Gasteiger partial charge in [0.15, 0.2) is 0 Å². The Morgan fingerprint density at radius 1 is 1.45 bits per heavy atom. The van der Waals surface area contributed by atoms with Gasteiger partial charge in [-0.05, 0) is 25.0 Å². The van der Waals surface area contributed by atoms with Gasteiger partial charge in [-0.25, -0.2) is 4.98 Å². The average molecular weight is 169 g/mol. The van der Waals surface area contributed by atoms with Crippen molar-refractivity contribution in [2.45, 2.75) is 18.8 Å². The molecule has 11 heavy (non-hydrogen) atoms. The van der Waals surface area contributed by atoms with Gasteiger partial charge in [-0.3, -0.25) is 0 Å². The third kappa shape index (κ3) is 1.46. The number of hydrogen-bond acceptors (Lipinski definition) is 2. The maximum Gasteiger partial charge on any atom is 0.125 e. The maximum absolute atomic E-state index is 5.80. The van der Waals surface area contributed by atoms with Gasteiger partial charge in [0.25, 0.3) is 0 Å². The fraction of sp³-hybridized carbons (Fsp3) is 0.375. The van der Waals surface area contributed by atoms with Crippen molar-refractivity contribution in [3.8, 4) is 0 Å². The zero-order valence-electron chi connectivity index (χ0n) is 6.05. The number of hydrogen-bond donors (Lipinski definition) is 1. The molecule has 2 rings (SSSR count). The second kappa shape index (κ2) is 2.38. The van der Waals surface area contributed by atoms with Crippen molar-refractivity contribution in [1.29, 1.82) is 0 Å². The van der Waals surface area contributed by atoms with Crippen LogP contribution in [0.4, 0.5) is 5.82 Å². The Balaban J connectivity index is 2.39. The number of nitrogens with zero attached hydrogens (tertiary/aromatic N) is 1. The normalized spacial score (nSPS) is 16.8. The van der Waals surface area contributed by atoms with Gasteiger partial charge < -0.3 is 5.73 Å². The fourth-order valence-electron chi connectivity index (χ4n) is 1.13. The molecular weight excluding hydrogens is 160 g/mol. The first-order valence-corrected chi connectivity index (χ1v) is 4.06. The van der Waals surface area contributed by atoms with Crippen molar-refractivity contribution in [1.82, 2.24) is 4.98 Å². The molecule has 0 unspecified atom stereocenters. The number of aromatic nitrogens is 1. The predicted molar refractivity (Wildman–Crippen MR) is 45.6 cm³/mol. The van der Waals surface area contributed by atoms with E-state index >= 15 is 0 Å². The van der Waals surface area contributed by atoms with Gasteiger partial charge in [0, 0.05) is 16.6 Å². The molecule has 0 aliphatic heterocycles. The van der Waals surface area contributed by atoms with Gasteiger partial charge in [-0.15, -0.1) is 0 Å². The number of nitrogens with two attached hydrogens (primary N) is 1. The van der Waals surface area contributed by atoms with Crippen molar-refractivity contribution < 1.29 is 0 Å². The molecular formula is C8H9ClN2. The summed E-state index contributed by atoms with van der Waals surface area (Å²) in [6, 6.07) is 3.57. The Bertz CT molecular complexity index is 261. The van der Waals surface area contributed by atoms with Crippen LogP contribution in [0.3, 0.4) is 0 Å². The third-order valence-corrected chi connectivity index (χ3v) is 2.04. The largest absolute Gasteiger partial charge is 0.384 e. The minimum Gasteiger partial charge on any atom is -0.384 e. The van der Waals surface area contributed by atoms with Gasteiger partial charge in [0.1, 0.15) is 5.82 Å². The maximum atomic E-state index is 5.80. The molecule has 0 saturated heterocycles. The smallest absolute Gasteiger partial charge is 0.125 e. The van der Waals surface area contributed by atoms with Crippen LogP contribution in [0.25, 0.3) is 0 Å². The van der Waals surface area contributed by atoms with Gasteiger partial charge in [-0.2, -0.15) is 0 Å². The SMILES string of the molecule is Nc1cc(Cl)cc(C2CC2)n1. The Labute approximate surface area is 70.4 Å². The van der Waals surface area contributed by atoms with Crippen molar-refractivity contribution >= 4 is 17.4 Å². The van der Waals surface area contributed by atoms with Gasteiger partial charge in [0.05, 0.1) is 0 Å². The van der Waals surface area contributed by atoms with Crippen LogP contribution >= 0.6 is 11.6 Å². The van der Waals surface area contributed by atoms with Crippen LogP contribution in [0.1, 0.15) is 24.5 Å². The Kier molecular flexibility index (Phi) is 1.50. The Morgan fingerprint density at radius 2 is 2.18 bits per heavy atom. The number of anilines is 1. The number of nitrogen functional groups attached to an aromatic ring is 1. The molecule has 2 nitrogen and oxygen atoms in total. The zero-order valence-corrected chi connectivity index (χ0v) is 6.80. The fourth-order valence-corrected chi connectivity index (χ4v) is 1.35. The molecule has 1 heterocycles. The average Bonchev–Trinajstić information content (AvgIpc) is 2.64. The molecule has 1 saturated carbocycles. The number of pyridine rings is 1. The zero-order chi connectivity index (χ0) is 7.84. The molecule has 58 valence electrons. The highest BCUT2D eigenvalue weighted by Crippen LogP contribution is 2.39. The van der Waals surface area contributed by atoms with Crippen LogP contribution < -0.4 is 5.73 Å². The highest BCUT2D eigenvalue weighted by atomic mass is 35.5. The first kappa shape index (κ1) is 6.92. The van der Waals surface area contributed by atoms with Crippen LogP contribution in [0.15, 0.2) is 12.1 Å². The van der Waals surface area contributed by atoms with E-state index in [0.29, 0.717) is 16.8 Å². The van der Waals surface area contributed by atoms with Crippen LogP contribution in [-0.4, -0.2) is 4.98 Å². The Hall–Kier alpha value is -0.760. The van der Waals surface area contributed by atoms with Crippen LogP contribution in [0.5, 0.6) is 0 Å². The molecule has 1 aliphatic rings. The molecule has 0 spiro atoms. The quantitative estimate of drug-likeness (QED) is 0.698.